The number of nitrogens with one attached hydrogen (secondary N) is 2. The Morgan fingerprint density at radius 1 is 1.11 bits per heavy atom. The van der Waals surface area contributed by atoms with Crippen molar-refractivity contribution in [2.75, 3.05) is 38.7 Å². The number of carbonyl (C=O) groups is 3. The van der Waals surface area contributed by atoms with Gasteiger partial charge in [0.15, 0.2) is 0 Å². The Labute approximate surface area is 160 Å². The van der Waals surface area contributed by atoms with E-state index >= 15 is 0 Å². The van der Waals surface area contributed by atoms with Crippen molar-refractivity contribution < 1.29 is 19.1 Å². The van der Waals surface area contributed by atoms with Crippen LogP contribution in [0.3, 0.4) is 0 Å². The Bertz CT molecular complexity index is 639. The van der Waals surface area contributed by atoms with Gasteiger partial charge in [-0.3, -0.25) is 14.4 Å². The van der Waals surface area contributed by atoms with Crippen LogP contribution in [0.1, 0.15) is 31.2 Å². The Hall–Kier alpha value is -2.41. The van der Waals surface area contributed by atoms with E-state index in [1.807, 2.05) is 31.2 Å². The van der Waals surface area contributed by atoms with E-state index in [1.54, 1.807) is 7.11 Å². The van der Waals surface area contributed by atoms with Crippen LogP contribution in [0.25, 0.3) is 0 Å². The zero-order chi connectivity index (χ0) is 19.6. The molecule has 3 amide bonds. The minimum atomic E-state index is -0.350. The van der Waals surface area contributed by atoms with Crippen molar-refractivity contribution >= 4 is 23.4 Å². The highest BCUT2D eigenvalue weighted by molar-refractivity contribution is 5.95. The number of nitrogens with zero attached hydrogens (tertiary/aromatic N) is 1. The van der Waals surface area contributed by atoms with Crippen molar-refractivity contribution in [1.82, 2.24) is 10.2 Å². The molecule has 27 heavy (non-hydrogen) atoms. The molecule has 0 atom stereocenters. The highest BCUT2D eigenvalue weighted by Gasteiger charge is 2.28. The van der Waals surface area contributed by atoms with Crippen LogP contribution in [-0.2, 0) is 19.1 Å². The van der Waals surface area contributed by atoms with Gasteiger partial charge in [-0.05, 0) is 31.9 Å². The molecular weight excluding hydrogens is 346 g/mol. The highest BCUT2D eigenvalue weighted by Crippen LogP contribution is 2.26. The third-order valence-corrected chi connectivity index (χ3v) is 4.70. The molecule has 1 saturated carbocycles. The lowest BCUT2D eigenvalue weighted by molar-refractivity contribution is -0.140. The van der Waals surface area contributed by atoms with Crippen LogP contribution in [0, 0.1) is 12.8 Å². The van der Waals surface area contributed by atoms with E-state index in [-0.39, 0.29) is 36.7 Å². The van der Waals surface area contributed by atoms with Crippen molar-refractivity contribution in [3.63, 3.8) is 0 Å². The number of anilines is 1. The maximum absolute atomic E-state index is 12.6. The number of hydrogen-bond acceptors (Lipinski definition) is 4. The van der Waals surface area contributed by atoms with Crippen molar-refractivity contribution in [3.8, 4) is 0 Å². The van der Waals surface area contributed by atoms with E-state index in [1.165, 1.54) is 4.90 Å². The van der Waals surface area contributed by atoms with Gasteiger partial charge in [0.1, 0.15) is 0 Å². The molecule has 7 heteroatoms. The molecule has 0 aromatic heterocycles. The van der Waals surface area contributed by atoms with Crippen molar-refractivity contribution in [2.45, 2.75) is 32.6 Å². The smallest absolute Gasteiger partial charge is 0.243 e. The molecule has 0 heterocycles. The SMILES string of the molecule is COCCN(CC(=O)NCC(=O)Nc1ccc(C)cc1)C(=O)C1CCCC1. The standard InChI is InChI=1S/C20H29N3O4/c1-15-7-9-17(10-8-15)22-18(24)13-21-19(25)14-23(11-12-27-2)20(26)16-5-3-4-6-16/h7-10,16H,3-6,11-14H2,1-2H3,(H,21,25)(H,22,24). The Kier molecular flexibility index (Phi) is 8.26. The first-order valence-electron chi connectivity index (χ1n) is 9.40. The van der Waals surface area contributed by atoms with Crippen molar-refractivity contribution in [1.29, 1.82) is 0 Å². The number of amides is 3. The lowest BCUT2D eigenvalue weighted by atomic mass is 10.1. The van der Waals surface area contributed by atoms with Gasteiger partial charge in [-0.2, -0.15) is 0 Å². The van der Waals surface area contributed by atoms with Gasteiger partial charge in [0.25, 0.3) is 0 Å². The maximum atomic E-state index is 12.6. The topological polar surface area (TPSA) is 87.7 Å². The number of aryl methyl sites for hydroxylation is 1. The van der Waals surface area contributed by atoms with Gasteiger partial charge in [0.2, 0.25) is 17.7 Å². The molecule has 0 radical (unpaired) electrons. The third kappa shape index (κ3) is 7.02. The molecule has 1 aromatic carbocycles. The molecule has 0 saturated heterocycles. The molecule has 7 nitrogen and oxygen atoms in total. The summed E-state index contributed by atoms with van der Waals surface area (Å²) in [5.74, 6) is -0.655. The number of rotatable bonds is 9. The summed E-state index contributed by atoms with van der Waals surface area (Å²) in [5, 5.41) is 5.31. The lowest BCUT2D eigenvalue weighted by Gasteiger charge is -2.24. The first kappa shape index (κ1) is 20.9. The molecule has 1 aliphatic carbocycles. The molecule has 0 aliphatic heterocycles. The summed E-state index contributed by atoms with van der Waals surface area (Å²) in [7, 11) is 1.56. The molecule has 2 N–H and O–H groups in total. The zero-order valence-corrected chi connectivity index (χ0v) is 16.1. The molecule has 0 unspecified atom stereocenters. The van der Waals surface area contributed by atoms with Crippen LogP contribution >= 0.6 is 0 Å². The average molecular weight is 375 g/mol. The predicted octanol–water partition coefficient (Wildman–Crippen LogP) is 1.71. The summed E-state index contributed by atoms with van der Waals surface area (Å²) in [6.45, 7) is 2.52. The molecule has 1 aliphatic rings. The van der Waals surface area contributed by atoms with E-state index in [9.17, 15) is 14.4 Å². The number of carbonyl (C=O) groups excluding carboxylic acids is 3. The molecule has 1 fully saturated rings. The normalized spacial score (nSPS) is 14.0. The second-order valence-corrected chi connectivity index (χ2v) is 6.92. The van der Waals surface area contributed by atoms with Crippen LogP contribution in [0.5, 0.6) is 0 Å². The summed E-state index contributed by atoms with van der Waals surface area (Å²) in [6, 6.07) is 7.41. The van der Waals surface area contributed by atoms with E-state index in [0.29, 0.717) is 18.8 Å². The van der Waals surface area contributed by atoms with Crippen LogP contribution in [0.2, 0.25) is 0 Å². The largest absolute Gasteiger partial charge is 0.383 e. The molecule has 0 bridgehead atoms. The minimum Gasteiger partial charge on any atom is -0.383 e. The quantitative estimate of drug-likeness (QED) is 0.688. The van der Waals surface area contributed by atoms with Crippen molar-refractivity contribution in [3.05, 3.63) is 29.8 Å². The Balaban J connectivity index is 1.80. The molecular formula is C20H29N3O4. The predicted molar refractivity (Wildman–Crippen MR) is 103 cm³/mol. The lowest BCUT2D eigenvalue weighted by Crippen LogP contribution is -2.45. The van der Waals surface area contributed by atoms with Crippen LogP contribution < -0.4 is 10.6 Å². The van der Waals surface area contributed by atoms with Crippen LogP contribution in [0.15, 0.2) is 24.3 Å². The van der Waals surface area contributed by atoms with Gasteiger partial charge in [0, 0.05) is 25.3 Å². The monoisotopic (exact) mass is 375 g/mol. The van der Waals surface area contributed by atoms with E-state index in [2.05, 4.69) is 10.6 Å². The van der Waals surface area contributed by atoms with E-state index < -0.39 is 0 Å². The fraction of sp³-hybridized carbons (Fsp3) is 0.550. The van der Waals surface area contributed by atoms with E-state index in [0.717, 1.165) is 31.2 Å². The van der Waals surface area contributed by atoms with Gasteiger partial charge in [-0.15, -0.1) is 0 Å². The number of methoxy groups -OCH3 is 1. The average Bonchev–Trinajstić information content (AvgIpc) is 3.19. The highest BCUT2D eigenvalue weighted by atomic mass is 16.5. The number of benzene rings is 1. The molecule has 0 spiro atoms. The second-order valence-electron chi connectivity index (χ2n) is 6.92. The third-order valence-electron chi connectivity index (χ3n) is 4.70. The van der Waals surface area contributed by atoms with Crippen LogP contribution in [-0.4, -0.2) is 56.0 Å². The zero-order valence-electron chi connectivity index (χ0n) is 16.1. The first-order valence-corrected chi connectivity index (χ1v) is 9.40. The van der Waals surface area contributed by atoms with E-state index in [4.69, 9.17) is 4.74 Å². The summed E-state index contributed by atoms with van der Waals surface area (Å²) in [6.07, 6.45) is 3.87. The van der Waals surface area contributed by atoms with Crippen molar-refractivity contribution in [2.24, 2.45) is 5.92 Å². The van der Waals surface area contributed by atoms with Gasteiger partial charge < -0.3 is 20.3 Å². The summed E-state index contributed by atoms with van der Waals surface area (Å²) >= 11 is 0. The molecule has 1 aromatic rings. The van der Waals surface area contributed by atoms with Gasteiger partial charge in [-0.25, -0.2) is 0 Å². The molecule has 2 rings (SSSR count). The fourth-order valence-electron chi connectivity index (χ4n) is 3.15. The summed E-state index contributed by atoms with van der Waals surface area (Å²) in [5.41, 5.74) is 1.78. The Morgan fingerprint density at radius 3 is 2.41 bits per heavy atom. The number of hydrogen-bond donors (Lipinski definition) is 2. The first-order chi connectivity index (χ1) is 13.0. The van der Waals surface area contributed by atoms with Gasteiger partial charge in [0.05, 0.1) is 19.7 Å². The maximum Gasteiger partial charge on any atom is 0.243 e. The summed E-state index contributed by atoms with van der Waals surface area (Å²) in [4.78, 5) is 38.3. The number of ether oxygens (including phenoxy) is 1. The fourth-order valence-corrected chi connectivity index (χ4v) is 3.15. The van der Waals surface area contributed by atoms with Crippen LogP contribution in [0.4, 0.5) is 5.69 Å². The Morgan fingerprint density at radius 2 is 1.78 bits per heavy atom. The molecule has 148 valence electrons. The minimum absolute atomic E-state index is 0.000470. The van der Waals surface area contributed by atoms with Gasteiger partial charge >= 0.3 is 0 Å². The van der Waals surface area contributed by atoms with Gasteiger partial charge in [-0.1, -0.05) is 30.5 Å². The second kappa shape index (κ2) is 10.7. The summed E-state index contributed by atoms with van der Waals surface area (Å²) < 4.78 is 5.05.